The lowest BCUT2D eigenvalue weighted by atomic mass is 10.1. The highest BCUT2D eigenvalue weighted by Crippen LogP contribution is 2.29. The number of fused-ring (bicyclic) bond motifs is 1. The van der Waals surface area contributed by atoms with E-state index in [2.05, 4.69) is 5.32 Å². The van der Waals surface area contributed by atoms with Crippen LogP contribution >= 0.6 is 0 Å². The Morgan fingerprint density at radius 2 is 2.19 bits per heavy atom. The van der Waals surface area contributed by atoms with Crippen LogP contribution in [-0.2, 0) is 0 Å². The molecule has 6 heteroatoms. The van der Waals surface area contributed by atoms with Crippen LogP contribution in [0.1, 0.15) is 5.56 Å². The number of hydrogen-bond acceptors (Lipinski definition) is 2. The first-order valence-electron chi connectivity index (χ1n) is 4.38. The summed E-state index contributed by atoms with van der Waals surface area (Å²) in [5.74, 6) is -1.62. The van der Waals surface area contributed by atoms with Crippen molar-refractivity contribution in [1.82, 2.24) is 5.32 Å². The van der Waals surface area contributed by atoms with Crippen molar-refractivity contribution in [2.75, 3.05) is 6.61 Å². The molecule has 1 heterocycles. The lowest BCUT2D eigenvalue weighted by Gasteiger charge is -2.18. The number of hydrogen-bond donors (Lipinski definition) is 2. The Morgan fingerprint density at radius 3 is 2.88 bits per heavy atom. The third kappa shape index (κ3) is 1.95. The highest BCUT2D eigenvalue weighted by atomic mass is 19.1. The Hall–Kier alpha value is -2.11. The van der Waals surface area contributed by atoms with E-state index in [4.69, 9.17) is 9.84 Å². The molecule has 0 unspecified atom stereocenters. The molecule has 4 nitrogen and oxygen atoms in total. The van der Waals surface area contributed by atoms with Crippen molar-refractivity contribution in [2.24, 2.45) is 0 Å². The van der Waals surface area contributed by atoms with Crippen LogP contribution in [0.3, 0.4) is 0 Å². The fourth-order valence-electron chi connectivity index (χ4n) is 1.43. The quantitative estimate of drug-likeness (QED) is 0.771. The molecule has 2 rings (SSSR count). The molecule has 0 bridgehead atoms. The topological polar surface area (TPSA) is 58.6 Å². The number of benzene rings is 1. The van der Waals surface area contributed by atoms with Gasteiger partial charge in [0.05, 0.1) is 5.70 Å². The summed E-state index contributed by atoms with van der Waals surface area (Å²) in [4.78, 5) is 10.4. The molecule has 84 valence electrons. The van der Waals surface area contributed by atoms with Gasteiger partial charge in [-0.15, -0.1) is 0 Å². The fraction of sp³-hybridized carbons (Fsp3) is 0.100. The molecule has 0 aromatic heterocycles. The number of amides is 1. The predicted octanol–water partition coefficient (Wildman–Crippen LogP) is 1.97. The van der Waals surface area contributed by atoms with E-state index in [1.54, 1.807) is 0 Å². The largest absolute Gasteiger partial charge is 0.484 e. The first kappa shape index (κ1) is 10.4. The predicted molar refractivity (Wildman–Crippen MR) is 51.0 cm³/mol. The molecule has 1 amide bonds. The highest BCUT2D eigenvalue weighted by molar-refractivity contribution is 5.71. The summed E-state index contributed by atoms with van der Waals surface area (Å²) in [5, 5.41) is 10.5. The van der Waals surface area contributed by atoms with Gasteiger partial charge in [0.25, 0.3) is 0 Å². The zero-order valence-electron chi connectivity index (χ0n) is 7.96. The number of halogens is 2. The van der Waals surface area contributed by atoms with E-state index in [1.165, 1.54) is 6.08 Å². The number of ether oxygens (including phenoxy) is 1. The molecule has 1 aliphatic heterocycles. The molecule has 2 N–H and O–H groups in total. The van der Waals surface area contributed by atoms with Crippen molar-refractivity contribution in [1.29, 1.82) is 0 Å². The number of carbonyl (C=O) groups is 1. The molecular formula is C10H7F2NO3. The van der Waals surface area contributed by atoms with Crippen LogP contribution in [0.15, 0.2) is 17.8 Å². The van der Waals surface area contributed by atoms with Crippen LogP contribution in [0.2, 0.25) is 0 Å². The summed E-state index contributed by atoms with van der Waals surface area (Å²) in [6, 6.07) is 1.78. The van der Waals surface area contributed by atoms with Crippen molar-refractivity contribution >= 4 is 12.2 Å². The first-order valence-corrected chi connectivity index (χ1v) is 4.38. The maximum Gasteiger partial charge on any atom is 0.409 e. The highest BCUT2D eigenvalue weighted by Gasteiger charge is 2.17. The van der Waals surface area contributed by atoms with E-state index in [1.807, 2.05) is 0 Å². The van der Waals surface area contributed by atoms with Gasteiger partial charge in [0, 0.05) is 11.6 Å². The molecule has 0 aliphatic carbocycles. The summed E-state index contributed by atoms with van der Waals surface area (Å²) in [6.45, 7) is -0.0954. The summed E-state index contributed by atoms with van der Waals surface area (Å²) in [6.07, 6.45) is 0.0780. The summed E-state index contributed by atoms with van der Waals surface area (Å²) >= 11 is 0. The van der Waals surface area contributed by atoms with Gasteiger partial charge in [-0.3, -0.25) is 5.32 Å². The van der Waals surface area contributed by atoms with Gasteiger partial charge < -0.3 is 9.84 Å². The van der Waals surface area contributed by atoms with Crippen molar-refractivity contribution in [3.8, 4) is 5.75 Å². The molecular weight excluding hydrogens is 220 g/mol. The molecule has 16 heavy (non-hydrogen) atoms. The third-order valence-corrected chi connectivity index (χ3v) is 2.01. The molecule has 0 saturated carbocycles. The summed E-state index contributed by atoms with van der Waals surface area (Å²) in [7, 11) is 0. The first-order chi connectivity index (χ1) is 7.56. The van der Waals surface area contributed by atoms with E-state index in [0.717, 1.165) is 6.07 Å². The van der Waals surface area contributed by atoms with Crippen LogP contribution in [0.4, 0.5) is 13.6 Å². The zero-order chi connectivity index (χ0) is 11.7. The molecule has 1 aliphatic rings. The Morgan fingerprint density at radius 1 is 1.44 bits per heavy atom. The van der Waals surface area contributed by atoms with Crippen LogP contribution in [0.5, 0.6) is 5.75 Å². The van der Waals surface area contributed by atoms with Gasteiger partial charge in [-0.1, -0.05) is 0 Å². The standard InChI is InChI=1S/C10H7F2NO3/c11-6-1-5-2-7(13-10(14)15)4-16-9(5)8(12)3-6/h1-3,13H,4H2,(H,14,15). The van der Waals surface area contributed by atoms with Gasteiger partial charge in [0.2, 0.25) is 0 Å². The van der Waals surface area contributed by atoms with Crippen molar-refractivity contribution in [3.05, 3.63) is 35.0 Å². The second-order valence-corrected chi connectivity index (χ2v) is 3.19. The summed E-state index contributed by atoms with van der Waals surface area (Å²) in [5.41, 5.74) is 0.400. The molecule has 0 atom stereocenters. The molecule has 0 saturated heterocycles. The summed E-state index contributed by atoms with van der Waals surface area (Å²) < 4.78 is 31.1. The van der Waals surface area contributed by atoms with Gasteiger partial charge in [-0.2, -0.15) is 0 Å². The molecule has 1 aromatic rings. The van der Waals surface area contributed by atoms with Gasteiger partial charge >= 0.3 is 6.09 Å². The van der Waals surface area contributed by atoms with Crippen LogP contribution < -0.4 is 10.1 Å². The molecule has 1 aromatic carbocycles. The smallest absolute Gasteiger partial charge is 0.409 e. The second-order valence-electron chi connectivity index (χ2n) is 3.19. The van der Waals surface area contributed by atoms with Gasteiger partial charge in [0.1, 0.15) is 12.4 Å². The maximum absolute atomic E-state index is 13.2. The number of nitrogens with one attached hydrogen (secondary N) is 1. The Kier molecular flexibility index (Phi) is 2.47. The number of carboxylic acid groups (broad SMARTS) is 1. The maximum atomic E-state index is 13.2. The van der Waals surface area contributed by atoms with E-state index in [0.29, 0.717) is 6.07 Å². The minimum atomic E-state index is -1.25. The van der Waals surface area contributed by atoms with E-state index in [9.17, 15) is 13.6 Å². The Labute approximate surface area is 89.1 Å². The molecule has 0 spiro atoms. The lowest BCUT2D eigenvalue weighted by Crippen LogP contribution is -2.26. The SMILES string of the molecule is O=C(O)NC1=Cc2cc(F)cc(F)c2OC1. The average Bonchev–Trinajstić information content (AvgIpc) is 2.15. The van der Waals surface area contributed by atoms with Gasteiger partial charge in [0.15, 0.2) is 11.6 Å². The number of rotatable bonds is 1. The van der Waals surface area contributed by atoms with Crippen LogP contribution in [-0.4, -0.2) is 17.8 Å². The van der Waals surface area contributed by atoms with Crippen LogP contribution in [0.25, 0.3) is 6.08 Å². The Balaban J connectivity index is 2.39. The molecule has 0 radical (unpaired) electrons. The zero-order valence-corrected chi connectivity index (χ0v) is 7.96. The lowest BCUT2D eigenvalue weighted by molar-refractivity contribution is 0.195. The van der Waals surface area contributed by atoms with Gasteiger partial charge in [-0.25, -0.2) is 13.6 Å². The van der Waals surface area contributed by atoms with E-state index >= 15 is 0 Å². The second kappa shape index (κ2) is 3.80. The Bertz CT molecular complexity index is 485. The third-order valence-electron chi connectivity index (χ3n) is 2.01. The van der Waals surface area contributed by atoms with Crippen molar-refractivity contribution in [3.63, 3.8) is 0 Å². The monoisotopic (exact) mass is 227 g/mol. The average molecular weight is 227 g/mol. The van der Waals surface area contributed by atoms with Crippen molar-refractivity contribution < 1.29 is 23.4 Å². The molecule has 0 fully saturated rings. The fourth-order valence-corrected chi connectivity index (χ4v) is 1.43. The minimum Gasteiger partial charge on any atom is -0.484 e. The van der Waals surface area contributed by atoms with Gasteiger partial charge in [-0.05, 0) is 12.1 Å². The van der Waals surface area contributed by atoms with E-state index < -0.39 is 17.7 Å². The van der Waals surface area contributed by atoms with E-state index in [-0.39, 0.29) is 23.6 Å². The minimum absolute atomic E-state index is 0.0719. The van der Waals surface area contributed by atoms with Crippen molar-refractivity contribution in [2.45, 2.75) is 0 Å². The van der Waals surface area contributed by atoms with Crippen LogP contribution in [0, 0.1) is 11.6 Å². The normalized spacial score (nSPS) is 13.5.